The number of aliphatic hydroxyl groups is 1. The van der Waals surface area contributed by atoms with Crippen LogP contribution in [0.25, 0.3) is 32.7 Å². The highest BCUT2D eigenvalue weighted by Gasteiger charge is 2.11. The fourth-order valence-electron chi connectivity index (χ4n) is 2.79. The topological polar surface area (TPSA) is 59.7 Å². The molecule has 162 valence electrons. The number of methoxy groups -OCH3 is 1. The van der Waals surface area contributed by atoms with Crippen LogP contribution in [0.15, 0.2) is 57.7 Å². The molecule has 0 spiro atoms. The molecule has 1 heterocycles. The predicted octanol–water partition coefficient (Wildman–Crippen LogP) is 6.05. The summed E-state index contributed by atoms with van der Waals surface area (Å²) in [6.07, 6.45) is 2.50. The largest absolute Gasteiger partial charge is 0.497 e. The molecule has 0 saturated heterocycles. The van der Waals surface area contributed by atoms with E-state index in [9.17, 15) is 4.79 Å². The SMILES string of the molecule is CCC.CCC.CO.COc1ccc2ccc3oc4cc(P)ccc4c(=O)c3c2c1. The molecule has 3 aromatic carbocycles. The van der Waals surface area contributed by atoms with Crippen LogP contribution < -0.4 is 15.5 Å². The molecular weight excluding hydrogens is 395 g/mol. The number of fused-ring (bicyclic) bond motifs is 4. The molecule has 4 aromatic rings. The first kappa shape index (κ1) is 25.6. The molecule has 0 aliphatic heterocycles. The monoisotopic (exact) mass is 428 g/mol. The Bertz CT molecular complexity index is 1130. The Balaban J connectivity index is 0.000000496. The van der Waals surface area contributed by atoms with Crippen molar-refractivity contribution in [3.05, 3.63) is 58.8 Å². The van der Waals surface area contributed by atoms with Crippen LogP contribution in [0.1, 0.15) is 40.5 Å². The molecule has 0 saturated carbocycles. The molecule has 0 aliphatic carbocycles. The minimum absolute atomic E-state index is 0.0138. The fourth-order valence-corrected chi connectivity index (χ4v) is 3.04. The molecule has 1 unspecified atom stereocenters. The second-order valence-corrected chi connectivity index (χ2v) is 7.29. The van der Waals surface area contributed by atoms with Gasteiger partial charge in [-0.05, 0) is 41.0 Å². The van der Waals surface area contributed by atoms with Gasteiger partial charge in [-0.2, -0.15) is 0 Å². The van der Waals surface area contributed by atoms with E-state index in [1.54, 1.807) is 7.11 Å². The van der Waals surface area contributed by atoms with Gasteiger partial charge < -0.3 is 14.3 Å². The van der Waals surface area contributed by atoms with E-state index < -0.39 is 0 Å². The fraction of sp³-hybridized carbons (Fsp3) is 0.320. The lowest BCUT2D eigenvalue weighted by molar-refractivity contribution is 0.399. The molecule has 0 bridgehead atoms. The van der Waals surface area contributed by atoms with Gasteiger partial charge in [0.25, 0.3) is 0 Å². The zero-order chi connectivity index (χ0) is 22.7. The third-order valence-corrected chi connectivity index (χ3v) is 4.25. The summed E-state index contributed by atoms with van der Waals surface area (Å²) >= 11 is 0. The average Bonchev–Trinajstić information content (AvgIpc) is 2.75. The van der Waals surface area contributed by atoms with Crippen LogP contribution in [-0.2, 0) is 0 Å². The van der Waals surface area contributed by atoms with Crippen LogP contribution in [0.2, 0.25) is 0 Å². The Kier molecular flexibility index (Phi) is 11.1. The first-order chi connectivity index (χ1) is 14.5. The molecule has 4 nitrogen and oxygen atoms in total. The summed E-state index contributed by atoms with van der Waals surface area (Å²) < 4.78 is 11.2. The quantitative estimate of drug-likeness (QED) is 0.228. The van der Waals surface area contributed by atoms with Gasteiger partial charge in [-0.3, -0.25) is 4.79 Å². The predicted molar refractivity (Wildman–Crippen MR) is 133 cm³/mol. The van der Waals surface area contributed by atoms with Crippen molar-refractivity contribution in [2.24, 2.45) is 0 Å². The number of benzene rings is 3. The summed E-state index contributed by atoms with van der Waals surface area (Å²) in [4.78, 5) is 12.9. The van der Waals surface area contributed by atoms with Gasteiger partial charge in [0.05, 0.1) is 17.9 Å². The van der Waals surface area contributed by atoms with Crippen LogP contribution in [0.3, 0.4) is 0 Å². The minimum atomic E-state index is -0.0138. The summed E-state index contributed by atoms with van der Waals surface area (Å²) in [6.45, 7) is 8.50. The molecule has 0 fully saturated rings. The summed E-state index contributed by atoms with van der Waals surface area (Å²) in [6, 6.07) is 15.1. The first-order valence-electron chi connectivity index (χ1n) is 10.2. The zero-order valence-electron chi connectivity index (χ0n) is 18.8. The summed E-state index contributed by atoms with van der Waals surface area (Å²) in [5.41, 5.74) is 1.18. The van der Waals surface area contributed by atoms with Gasteiger partial charge in [-0.15, -0.1) is 9.24 Å². The van der Waals surface area contributed by atoms with E-state index in [2.05, 4.69) is 36.9 Å². The second kappa shape index (κ2) is 13.0. The summed E-state index contributed by atoms with van der Waals surface area (Å²) in [7, 11) is 5.23. The Labute approximate surface area is 181 Å². The molecule has 5 heteroatoms. The Morgan fingerprint density at radius 1 is 0.867 bits per heavy atom. The maximum Gasteiger partial charge on any atom is 0.201 e. The normalized spacial score (nSPS) is 9.73. The third kappa shape index (κ3) is 6.04. The van der Waals surface area contributed by atoms with E-state index in [0.29, 0.717) is 21.9 Å². The van der Waals surface area contributed by atoms with Gasteiger partial charge in [0.15, 0.2) is 0 Å². The van der Waals surface area contributed by atoms with Crippen molar-refractivity contribution < 1.29 is 14.3 Å². The van der Waals surface area contributed by atoms with E-state index in [-0.39, 0.29) is 5.43 Å². The molecule has 1 atom stereocenters. The lowest BCUT2D eigenvalue weighted by Gasteiger charge is -2.07. The Hall–Kier alpha value is -2.42. The van der Waals surface area contributed by atoms with Crippen molar-refractivity contribution >= 4 is 47.3 Å². The molecule has 0 radical (unpaired) electrons. The van der Waals surface area contributed by atoms with E-state index in [1.165, 1.54) is 12.8 Å². The first-order valence-corrected chi connectivity index (χ1v) is 10.8. The summed E-state index contributed by atoms with van der Waals surface area (Å²) in [5.74, 6) is 0.722. The number of rotatable bonds is 1. The smallest absolute Gasteiger partial charge is 0.201 e. The van der Waals surface area contributed by atoms with Crippen LogP contribution in [-0.4, -0.2) is 19.3 Å². The van der Waals surface area contributed by atoms with Crippen LogP contribution in [0.4, 0.5) is 0 Å². The van der Waals surface area contributed by atoms with Crippen molar-refractivity contribution in [1.82, 2.24) is 0 Å². The number of ether oxygens (including phenoxy) is 1. The Morgan fingerprint density at radius 2 is 1.47 bits per heavy atom. The van der Waals surface area contributed by atoms with E-state index >= 15 is 0 Å². The molecule has 30 heavy (non-hydrogen) atoms. The van der Waals surface area contributed by atoms with Crippen molar-refractivity contribution in [2.75, 3.05) is 14.2 Å². The van der Waals surface area contributed by atoms with Crippen molar-refractivity contribution in [2.45, 2.75) is 40.5 Å². The highest BCUT2D eigenvalue weighted by molar-refractivity contribution is 7.27. The molecule has 0 aliphatic rings. The average molecular weight is 429 g/mol. The molecule has 1 N–H and O–H groups in total. The maximum atomic E-state index is 12.9. The van der Waals surface area contributed by atoms with Crippen molar-refractivity contribution in [3.8, 4) is 5.75 Å². The molecular formula is C25H33O4P. The van der Waals surface area contributed by atoms with E-state index in [1.807, 2.05) is 48.5 Å². The molecule has 4 rings (SSSR count). The number of hydrogen-bond donors (Lipinski definition) is 1. The van der Waals surface area contributed by atoms with Gasteiger partial charge in [0, 0.05) is 12.5 Å². The van der Waals surface area contributed by atoms with E-state index in [0.717, 1.165) is 28.9 Å². The minimum Gasteiger partial charge on any atom is -0.497 e. The van der Waals surface area contributed by atoms with Gasteiger partial charge >= 0.3 is 0 Å². The zero-order valence-corrected chi connectivity index (χ0v) is 19.9. The highest BCUT2D eigenvalue weighted by atomic mass is 31.0. The number of hydrogen-bond acceptors (Lipinski definition) is 4. The molecule has 0 amide bonds. The van der Waals surface area contributed by atoms with Gasteiger partial charge in [-0.25, -0.2) is 0 Å². The second-order valence-electron chi connectivity index (χ2n) is 6.63. The molecule has 1 aromatic heterocycles. The number of aliphatic hydroxyl groups excluding tert-OH is 1. The lowest BCUT2D eigenvalue weighted by Crippen LogP contribution is -2.04. The van der Waals surface area contributed by atoms with Gasteiger partial charge in [0.1, 0.15) is 16.9 Å². The van der Waals surface area contributed by atoms with Gasteiger partial charge in [-0.1, -0.05) is 58.7 Å². The van der Waals surface area contributed by atoms with Crippen molar-refractivity contribution in [3.63, 3.8) is 0 Å². The van der Waals surface area contributed by atoms with Crippen LogP contribution in [0, 0.1) is 0 Å². The van der Waals surface area contributed by atoms with Crippen LogP contribution >= 0.6 is 9.24 Å². The summed E-state index contributed by atoms with van der Waals surface area (Å²) in [5, 5.41) is 11.0. The van der Waals surface area contributed by atoms with Crippen LogP contribution in [0.5, 0.6) is 5.75 Å². The standard InChI is InChI=1S/C18H13O3P.2C3H8.CH4O/c1-20-11-4-2-10-3-7-15-17(14(10)8-11)18(19)13-6-5-12(22)9-16(13)21-15;2*1-3-2;1-2/h2-9H,22H2,1H3;2*3H2,1-2H3;2H,1H3. The third-order valence-electron chi connectivity index (χ3n) is 3.89. The van der Waals surface area contributed by atoms with Crippen molar-refractivity contribution in [1.29, 1.82) is 0 Å². The maximum absolute atomic E-state index is 12.9. The van der Waals surface area contributed by atoms with Gasteiger partial charge in [0.2, 0.25) is 5.43 Å². The Morgan fingerprint density at radius 3 is 2.07 bits per heavy atom. The lowest BCUT2D eigenvalue weighted by atomic mass is 10.0. The van der Waals surface area contributed by atoms with E-state index in [4.69, 9.17) is 14.3 Å². The highest BCUT2D eigenvalue weighted by Crippen LogP contribution is 2.28.